The highest BCUT2D eigenvalue weighted by molar-refractivity contribution is 5.92. The molecular weight excluding hydrogens is 238 g/mol. The lowest BCUT2D eigenvalue weighted by Gasteiger charge is -2.23. The Kier molecular flexibility index (Phi) is 4.04. The topological polar surface area (TPSA) is 36.4 Å². The number of alkyl halides is 2. The standard InChI is InChI=1S/C13H14F2N2O/c14-12(15)9-17(7-8-18)13-11-4-2-1-3-10(11)5-6-16-13/h1-6,12,18H,7-9H2. The summed E-state index contributed by atoms with van der Waals surface area (Å²) in [6.45, 7) is -0.468. The van der Waals surface area contributed by atoms with Gasteiger partial charge in [-0.25, -0.2) is 13.8 Å². The summed E-state index contributed by atoms with van der Waals surface area (Å²) in [5.41, 5.74) is 0. The Bertz CT molecular complexity index is 514. The van der Waals surface area contributed by atoms with Gasteiger partial charge in [0.15, 0.2) is 0 Å². The van der Waals surface area contributed by atoms with E-state index in [0.29, 0.717) is 5.82 Å². The number of benzene rings is 1. The molecule has 0 aliphatic heterocycles. The molecule has 96 valence electrons. The number of nitrogens with zero attached hydrogens (tertiary/aromatic N) is 2. The van der Waals surface area contributed by atoms with Gasteiger partial charge in [-0.05, 0) is 11.5 Å². The smallest absolute Gasteiger partial charge is 0.255 e. The van der Waals surface area contributed by atoms with Crippen molar-refractivity contribution in [2.24, 2.45) is 0 Å². The van der Waals surface area contributed by atoms with Crippen molar-refractivity contribution >= 4 is 16.6 Å². The molecule has 0 atom stereocenters. The van der Waals surface area contributed by atoms with Crippen LogP contribution in [-0.4, -0.2) is 36.2 Å². The van der Waals surface area contributed by atoms with Crippen LogP contribution < -0.4 is 4.90 Å². The lowest BCUT2D eigenvalue weighted by atomic mass is 10.1. The highest BCUT2D eigenvalue weighted by Crippen LogP contribution is 2.24. The van der Waals surface area contributed by atoms with E-state index < -0.39 is 13.0 Å². The number of aliphatic hydroxyl groups is 1. The minimum Gasteiger partial charge on any atom is -0.395 e. The molecule has 0 aliphatic carbocycles. The first-order valence-electron chi connectivity index (χ1n) is 5.70. The van der Waals surface area contributed by atoms with E-state index in [1.54, 1.807) is 6.20 Å². The van der Waals surface area contributed by atoms with Crippen LogP contribution in [0.3, 0.4) is 0 Å². The Morgan fingerprint density at radius 3 is 2.72 bits per heavy atom. The van der Waals surface area contributed by atoms with E-state index in [9.17, 15) is 8.78 Å². The Morgan fingerprint density at radius 2 is 2.00 bits per heavy atom. The van der Waals surface area contributed by atoms with Gasteiger partial charge in [-0.1, -0.05) is 24.3 Å². The van der Waals surface area contributed by atoms with Crippen LogP contribution in [0.4, 0.5) is 14.6 Å². The summed E-state index contributed by atoms with van der Waals surface area (Å²) in [5.74, 6) is 0.488. The van der Waals surface area contributed by atoms with Crippen LogP contribution in [0.5, 0.6) is 0 Å². The molecule has 0 radical (unpaired) electrons. The van der Waals surface area contributed by atoms with Gasteiger partial charge in [0.05, 0.1) is 13.2 Å². The van der Waals surface area contributed by atoms with Crippen molar-refractivity contribution in [2.75, 3.05) is 24.6 Å². The Morgan fingerprint density at radius 1 is 1.22 bits per heavy atom. The number of anilines is 1. The minimum absolute atomic E-state index is 0.144. The highest BCUT2D eigenvalue weighted by atomic mass is 19.3. The maximum atomic E-state index is 12.5. The Hall–Kier alpha value is -1.75. The lowest BCUT2D eigenvalue weighted by Crippen LogP contribution is -2.32. The summed E-state index contributed by atoms with van der Waals surface area (Å²) >= 11 is 0. The average molecular weight is 252 g/mol. The molecule has 2 aromatic rings. The quantitative estimate of drug-likeness (QED) is 0.887. The van der Waals surface area contributed by atoms with E-state index in [2.05, 4.69) is 4.98 Å². The third-order valence-electron chi connectivity index (χ3n) is 2.68. The van der Waals surface area contributed by atoms with E-state index >= 15 is 0 Å². The monoisotopic (exact) mass is 252 g/mol. The van der Waals surface area contributed by atoms with Crippen LogP contribution in [0, 0.1) is 0 Å². The van der Waals surface area contributed by atoms with Crippen molar-refractivity contribution in [3.05, 3.63) is 36.5 Å². The van der Waals surface area contributed by atoms with Gasteiger partial charge in [-0.15, -0.1) is 0 Å². The van der Waals surface area contributed by atoms with Crippen molar-refractivity contribution in [3.8, 4) is 0 Å². The number of rotatable bonds is 5. The largest absolute Gasteiger partial charge is 0.395 e. The zero-order chi connectivity index (χ0) is 13.0. The van der Waals surface area contributed by atoms with Crippen LogP contribution in [0.1, 0.15) is 0 Å². The summed E-state index contributed by atoms with van der Waals surface area (Å²) in [7, 11) is 0. The van der Waals surface area contributed by atoms with Gasteiger partial charge >= 0.3 is 0 Å². The second kappa shape index (κ2) is 5.73. The van der Waals surface area contributed by atoms with Crippen LogP contribution in [0.25, 0.3) is 10.8 Å². The van der Waals surface area contributed by atoms with Crippen molar-refractivity contribution in [3.63, 3.8) is 0 Å². The zero-order valence-electron chi connectivity index (χ0n) is 9.76. The molecule has 0 spiro atoms. The molecule has 18 heavy (non-hydrogen) atoms. The van der Waals surface area contributed by atoms with E-state index in [1.807, 2.05) is 30.3 Å². The van der Waals surface area contributed by atoms with Gasteiger partial charge in [0.2, 0.25) is 0 Å². The van der Waals surface area contributed by atoms with Gasteiger partial charge in [-0.2, -0.15) is 0 Å². The van der Waals surface area contributed by atoms with E-state index in [4.69, 9.17) is 5.11 Å². The van der Waals surface area contributed by atoms with Gasteiger partial charge < -0.3 is 10.0 Å². The van der Waals surface area contributed by atoms with Crippen LogP contribution in [0.15, 0.2) is 36.5 Å². The fourth-order valence-corrected chi connectivity index (χ4v) is 1.93. The molecule has 1 N–H and O–H groups in total. The van der Waals surface area contributed by atoms with Crippen molar-refractivity contribution in [1.82, 2.24) is 4.98 Å². The Labute approximate surface area is 104 Å². The maximum absolute atomic E-state index is 12.5. The first kappa shape index (κ1) is 12.7. The molecular formula is C13H14F2N2O. The summed E-state index contributed by atoms with van der Waals surface area (Å²) in [5, 5.41) is 10.7. The van der Waals surface area contributed by atoms with Gasteiger partial charge in [0, 0.05) is 18.1 Å². The molecule has 1 aromatic heterocycles. The third kappa shape index (κ3) is 2.73. The summed E-state index contributed by atoms with van der Waals surface area (Å²) in [4.78, 5) is 5.57. The fourth-order valence-electron chi connectivity index (χ4n) is 1.93. The second-order valence-electron chi connectivity index (χ2n) is 3.92. The third-order valence-corrected chi connectivity index (χ3v) is 2.68. The SMILES string of the molecule is OCCN(CC(F)F)c1nccc2ccccc12. The van der Waals surface area contributed by atoms with E-state index in [1.165, 1.54) is 4.90 Å². The molecule has 2 rings (SSSR count). The number of fused-ring (bicyclic) bond motifs is 1. The molecule has 0 amide bonds. The molecule has 0 saturated carbocycles. The summed E-state index contributed by atoms with van der Waals surface area (Å²) in [6, 6.07) is 9.30. The van der Waals surface area contributed by atoms with Gasteiger partial charge in [0.1, 0.15) is 5.82 Å². The first-order valence-corrected chi connectivity index (χ1v) is 5.70. The summed E-state index contributed by atoms with van der Waals surface area (Å²) < 4.78 is 25.1. The molecule has 0 fully saturated rings. The molecule has 1 aromatic carbocycles. The fraction of sp³-hybridized carbons (Fsp3) is 0.308. The van der Waals surface area contributed by atoms with Crippen molar-refractivity contribution in [2.45, 2.75) is 6.43 Å². The number of halogens is 2. The minimum atomic E-state index is -2.46. The average Bonchev–Trinajstić information content (AvgIpc) is 2.37. The highest BCUT2D eigenvalue weighted by Gasteiger charge is 2.15. The molecule has 0 saturated heterocycles. The molecule has 1 heterocycles. The normalized spacial score (nSPS) is 11.1. The van der Waals surface area contributed by atoms with Gasteiger partial charge in [-0.3, -0.25) is 0 Å². The molecule has 0 aliphatic rings. The number of pyridine rings is 1. The van der Waals surface area contributed by atoms with Crippen LogP contribution in [0.2, 0.25) is 0 Å². The van der Waals surface area contributed by atoms with E-state index in [0.717, 1.165) is 10.8 Å². The second-order valence-corrected chi connectivity index (χ2v) is 3.92. The van der Waals surface area contributed by atoms with Gasteiger partial charge in [0.25, 0.3) is 6.43 Å². The lowest BCUT2D eigenvalue weighted by molar-refractivity contribution is 0.152. The maximum Gasteiger partial charge on any atom is 0.255 e. The van der Waals surface area contributed by atoms with Crippen molar-refractivity contribution < 1.29 is 13.9 Å². The molecule has 3 nitrogen and oxygen atoms in total. The Balaban J connectivity index is 2.43. The summed E-state index contributed by atoms with van der Waals surface area (Å²) in [6.07, 6.45) is -0.870. The molecule has 0 unspecified atom stereocenters. The number of hydrogen-bond acceptors (Lipinski definition) is 3. The molecule has 0 bridgehead atoms. The zero-order valence-corrected chi connectivity index (χ0v) is 9.76. The number of aliphatic hydroxyl groups excluding tert-OH is 1. The van der Waals surface area contributed by atoms with E-state index in [-0.39, 0.29) is 13.2 Å². The van der Waals surface area contributed by atoms with Crippen LogP contribution in [-0.2, 0) is 0 Å². The van der Waals surface area contributed by atoms with Crippen molar-refractivity contribution in [1.29, 1.82) is 0 Å². The number of hydrogen-bond donors (Lipinski definition) is 1. The molecule has 5 heteroatoms. The van der Waals surface area contributed by atoms with Crippen LogP contribution >= 0.6 is 0 Å². The number of aromatic nitrogens is 1. The first-order chi connectivity index (χ1) is 8.72. The predicted molar refractivity (Wildman–Crippen MR) is 67.0 cm³/mol. The predicted octanol–water partition coefficient (Wildman–Crippen LogP) is 2.30.